The minimum Gasteiger partial charge on any atom is -0.456 e. The molecule has 0 amide bonds. The average molecular weight is 334 g/mol. The molecule has 0 aromatic heterocycles. The number of hydrogen-bond acceptors (Lipinski definition) is 3. The molecule has 0 radical (unpaired) electrons. The van der Waals surface area contributed by atoms with Crippen LogP contribution in [0.15, 0.2) is 54.6 Å². The van der Waals surface area contributed by atoms with Gasteiger partial charge in [-0.15, -0.1) is 0 Å². The maximum Gasteiger partial charge on any atom is 0.387 e. The molecule has 1 fully saturated rings. The van der Waals surface area contributed by atoms with Gasteiger partial charge in [0.05, 0.1) is 0 Å². The molecule has 24 heavy (non-hydrogen) atoms. The van der Waals surface area contributed by atoms with Gasteiger partial charge in [0.15, 0.2) is 6.61 Å². The Balaban J connectivity index is 1.60. The fourth-order valence-corrected chi connectivity index (χ4v) is 3.83. The van der Waals surface area contributed by atoms with Crippen molar-refractivity contribution in [3.05, 3.63) is 60.2 Å². The first kappa shape index (κ1) is 16.8. The standard InChI is InChI=1S/C19H20F2O3/c20-19(21,23)13-24-17(22)11-6-12-18(14-7-2-1-3-8-14)15-9-4-5-10-16(15)18/h1-5,7-10,15-16,23H,6,11-13H2. The van der Waals surface area contributed by atoms with Crippen molar-refractivity contribution in [2.75, 3.05) is 6.61 Å². The number of allylic oxidation sites excluding steroid dienone is 4. The molecule has 128 valence electrons. The molecule has 3 nitrogen and oxygen atoms in total. The second-order valence-electron chi connectivity index (χ2n) is 6.41. The Morgan fingerprint density at radius 2 is 1.79 bits per heavy atom. The summed E-state index contributed by atoms with van der Waals surface area (Å²) in [5.41, 5.74) is 1.22. The average Bonchev–Trinajstić information content (AvgIpc) is 3.22. The van der Waals surface area contributed by atoms with Crippen LogP contribution in [0.1, 0.15) is 24.8 Å². The highest BCUT2D eigenvalue weighted by Crippen LogP contribution is 2.65. The van der Waals surface area contributed by atoms with Gasteiger partial charge in [0.1, 0.15) is 0 Å². The zero-order chi connectivity index (χ0) is 17.2. The lowest BCUT2D eigenvalue weighted by molar-refractivity contribution is -0.230. The van der Waals surface area contributed by atoms with Gasteiger partial charge in [0, 0.05) is 11.8 Å². The first-order valence-electron chi connectivity index (χ1n) is 8.10. The van der Waals surface area contributed by atoms with E-state index in [1.807, 2.05) is 30.4 Å². The molecule has 5 heteroatoms. The van der Waals surface area contributed by atoms with Gasteiger partial charge in [0.2, 0.25) is 0 Å². The van der Waals surface area contributed by atoms with E-state index < -0.39 is 18.7 Å². The van der Waals surface area contributed by atoms with Crippen LogP contribution in [0.2, 0.25) is 0 Å². The molecule has 0 bridgehead atoms. The van der Waals surface area contributed by atoms with Gasteiger partial charge in [-0.05, 0) is 30.2 Å². The van der Waals surface area contributed by atoms with Crippen LogP contribution in [0.5, 0.6) is 0 Å². The molecule has 0 spiro atoms. The molecule has 2 aliphatic rings. The maximum atomic E-state index is 12.3. The molecule has 2 unspecified atom stereocenters. The lowest BCUT2D eigenvalue weighted by Crippen LogP contribution is -2.24. The van der Waals surface area contributed by atoms with Crippen molar-refractivity contribution in [1.82, 2.24) is 0 Å². The van der Waals surface area contributed by atoms with Crippen LogP contribution in [0.25, 0.3) is 0 Å². The Labute approximate surface area is 139 Å². The number of hydrogen-bond donors (Lipinski definition) is 1. The van der Waals surface area contributed by atoms with Gasteiger partial charge in [-0.1, -0.05) is 54.6 Å². The van der Waals surface area contributed by atoms with Crippen LogP contribution in [0, 0.1) is 11.8 Å². The third-order valence-corrected chi connectivity index (χ3v) is 4.90. The van der Waals surface area contributed by atoms with Crippen molar-refractivity contribution < 1.29 is 23.4 Å². The molecular weight excluding hydrogens is 314 g/mol. The second kappa shape index (κ2) is 6.48. The number of alkyl halides is 2. The van der Waals surface area contributed by atoms with E-state index in [9.17, 15) is 13.6 Å². The summed E-state index contributed by atoms with van der Waals surface area (Å²) in [7, 11) is 0. The Morgan fingerprint density at radius 1 is 1.17 bits per heavy atom. The van der Waals surface area contributed by atoms with Crippen LogP contribution in [0.3, 0.4) is 0 Å². The zero-order valence-electron chi connectivity index (χ0n) is 13.2. The summed E-state index contributed by atoms with van der Waals surface area (Å²) in [6.45, 7) is -1.29. The predicted molar refractivity (Wildman–Crippen MR) is 85.4 cm³/mol. The molecular formula is C19H20F2O3. The highest BCUT2D eigenvalue weighted by Gasteiger charge is 2.62. The lowest BCUT2D eigenvalue weighted by Gasteiger charge is -2.18. The Morgan fingerprint density at radius 3 is 2.38 bits per heavy atom. The first-order valence-corrected chi connectivity index (χ1v) is 8.10. The molecule has 1 N–H and O–H groups in total. The Hall–Kier alpha value is -2.01. The number of esters is 1. The molecule has 0 saturated heterocycles. The highest BCUT2D eigenvalue weighted by molar-refractivity contribution is 5.69. The summed E-state index contributed by atoms with van der Waals surface area (Å²) in [6.07, 6.45) is 5.92. The van der Waals surface area contributed by atoms with E-state index in [0.29, 0.717) is 18.3 Å². The highest BCUT2D eigenvalue weighted by atomic mass is 19.3. The van der Waals surface area contributed by atoms with E-state index in [0.717, 1.165) is 6.42 Å². The summed E-state index contributed by atoms with van der Waals surface area (Å²) in [6, 6.07) is 10.2. The fourth-order valence-electron chi connectivity index (χ4n) is 3.83. The van der Waals surface area contributed by atoms with E-state index in [2.05, 4.69) is 29.0 Å². The van der Waals surface area contributed by atoms with Crippen molar-refractivity contribution in [2.24, 2.45) is 11.8 Å². The van der Waals surface area contributed by atoms with Crippen molar-refractivity contribution in [2.45, 2.75) is 30.8 Å². The normalized spacial score (nSPS) is 27.6. The Kier molecular flexibility index (Phi) is 4.54. The molecule has 2 atom stereocenters. The number of carbonyl (C=O) groups excluding carboxylic acids is 1. The van der Waals surface area contributed by atoms with Gasteiger partial charge in [-0.3, -0.25) is 4.79 Å². The van der Waals surface area contributed by atoms with E-state index in [4.69, 9.17) is 5.11 Å². The van der Waals surface area contributed by atoms with Crippen LogP contribution in [-0.4, -0.2) is 23.8 Å². The van der Waals surface area contributed by atoms with E-state index >= 15 is 0 Å². The first-order chi connectivity index (χ1) is 11.4. The van der Waals surface area contributed by atoms with Gasteiger partial charge >= 0.3 is 12.1 Å². The van der Waals surface area contributed by atoms with Gasteiger partial charge < -0.3 is 9.84 Å². The number of carbonyl (C=O) groups is 1. The van der Waals surface area contributed by atoms with Gasteiger partial charge in [-0.25, -0.2) is 0 Å². The quantitative estimate of drug-likeness (QED) is 0.775. The topological polar surface area (TPSA) is 46.5 Å². The number of benzene rings is 1. The summed E-state index contributed by atoms with van der Waals surface area (Å²) >= 11 is 0. The zero-order valence-corrected chi connectivity index (χ0v) is 13.2. The largest absolute Gasteiger partial charge is 0.456 e. The summed E-state index contributed by atoms with van der Waals surface area (Å²) in [5, 5.41) is 8.29. The van der Waals surface area contributed by atoms with Crippen LogP contribution in [0.4, 0.5) is 8.78 Å². The van der Waals surface area contributed by atoms with Crippen LogP contribution >= 0.6 is 0 Å². The van der Waals surface area contributed by atoms with Gasteiger partial charge in [0.25, 0.3) is 0 Å². The summed E-state index contributed by atoms with van der Waals surface area (Å²) in [4.78, 5) is 11.6. The van der Waals surface area contributed by atoms with Crippen molar-refractivity contribution >= 4 is 5.97 Å². The number of rotatable bonds is 7. The van der Waals surface area contributed by atoms with E-state index in [1.54, 1.807) is 0 Å². The molecule has 1 aromatic rings. The number of ether oxygens (including phenoxy) is 1. The summed E-state index contributed by atoms with van der Waals surface area (Å²) in [5.74, 6) is 0.132. The van der Waals surface area contributed by atoms with Crippen LogP contribution in [-0.2, 0) is 14.9 Å². The van der Waals surface area contributed by atoms with Crippen molar-refractivity contribution in [3.8, 4) is 0 Å². The minimum atomic E-state index is -3.97. The number of halogens is 2. The maximum absolute atomic E-state index is 12.3. The second-order valence-corrected chi connectivity index (χ2v) is 6.41. The number of fused-ring (bicyclic) bond motifs is 1. The van der Waals surface area contributed by atoms with Crippen LogP contribution < -0.4 is 0 Å². The Bertz CT molecular complexity index is 628. The number of aliphatic hydroxyl groups is 1. The minimum absolute atomic E-state index is 0.0219. The molecule has 0 heterocycles. The van der Waals surface area contributed by atoms with E-state index in [-0.39, 0.29) is 11.8 Å². The smallest absolute Gasteiger partial charge is 0.387 e. The molecule has 2 aliphatic carbocycles. The SMILES string of the molecule is O=C(CCCC1(c2ccccc2)C2C=CC=CC21)OCC(O)(F)F. The molecule has 1 saturated carbocycles. The predicted octanol–water partition coefficient (Wildman–Crippen LogP) is 3.60. The fraction of sp³-hybridized carbons (Fsp3) is 0.421. The third kappa shape index (κ3) is 3.41. The summed E-state index contributed by atoms with van der Waals surface area (Å²) < 4.78 is 29.0. The van der Waals surface area contributed by atoms with Crippen molar-refractivity contribution in [1.29, 1.82) is 0 Å². The third-order valence-electron chi connectivity index (χ3n) is 4.90. The van der Waals surface area contributed by atoms with E-state index in [1.165, 1.54) is 5.56 Å². The molecule has 1 aromatic carbocycles. The van der Waals surface area contributed by atoms with Gasteiger partial charge in [-0.2, -0.15) is 8.78 Å². The molecule has 3 rings (SSSR count). The van der Waals surface area contributed by atoms with Crippen molar-refractivity contribution in [3.63, 3.8) is 0 Å². The molecule has 0 aliphatic heterocycles. The monoisotopic (exact) mass is 334 g/mol. The lowest BCUT2D eigenvalue weighted by atomic mass is 9.86.